The number of hydrogen-bond acceptors (Lipinski definition) is 4. The highest BCUT2D eigenvalue weighted by Gasteiger charge is 2.30. The maximum Gasteiger partial charge on any atom is 0.312 e. The smallest absolute Gasteiger partial charge is 0.312 e. The second-order valence-corrected chi connectivity index (χ2v) is 6.38. The van der Waals surface area contributed by atoms with E-state index in [0.29, 0.717) is 22.3 Å². The van der Waals surface area contributed by atoms with Crippen molar-refractivity contribution in [2.75, 3.05) is 5.32 Å². The molecule has 0 radical (unpaired) electrons. The van der Waals surface area contributed by atoms with E-state index in [9.17, 15) is 14.3 Å². The van der Waals surface area contributed by atoms with Gasteiger partial charge in [-0.3, -0.25) is 4.79 Å². The average molecular weight is 327 g/mol. The molecule has 4 nitrogen and oxygen atoms in total. The molecular weight excluding hydrogens is 315 g/mol. The van der Waals surface area contributed by atoms with Crippen molar-refractivity contribution in [1.29, 1.82) is 0 Å². The number of aliphatic carboxylic acids is 1. The van der Waals surface area contributed by atoms with Crippen LogP contribution in [0.5, 0.6) is 0 Å². The molecule has 3 rings (SSSR count). The van der Waals surface area contributed by atoms with Crippen molar-refractivity contribution in [2.45, 2.75) is 25.2 Å². The molecule has 21 heavy (non-hydrogen) atoms. The van der Waals surface area contributed by atoms with Gasteiger partial charge in [-0.15, -0.1) is 11.3 Å². The summed E-state index contributed by atoms with van der Waals surface area (Å²) >= 11 is 7.09. The van der Waals surface area contributed by atoms with Crippen molar-refractivity contribution >= 4 is 39.7 Å². The third kappa shape index (κ3) is 2.87. The van der Waals surface area contributed by atoms with Crippen LogP contribution in [0, 0.1) is 5.82 Å². The molecule has 0 saturated heterocycles. The number of halogens is 2. The molecule has 0 bridgehead atoms. The number of hydrogen-bond donors (Lipinski definition) is 2. The van der Waals surface area contributed by atoms with E-state index in [4.69, 9.17) is 11.6 Å². The molecule has 0 saturated carbocycles. The molecule has 1 aromatic heterocycles. The first-order valence-electron chi connectivity index (χ1n) is 6.49. The van der Waals surface area contributed by atoms with Gasteiger partial charge in [-0.1, -0.05) is 11.6 Å². The van der Waals surface area contributed by atoms with Crippen LogP contribution in [0.1, 0.15) is 29.3 Å². The zero-order valence-electron chi connectivity index (χ0n) is 10.9. The lowest BCUT2D eigenvalue weighted by molar-refractivity contribution is -0.139. The molecule has 2 N–H and O–H groups in total. The summed E-state index contributed by atoms with van der Waals surface area (Å²) in [4.78, 5) is 16.5. The fraction of sp³-hybridized carbons (Fsp3) is 0.286. The molecule has 0 spiro atoms. The second-order valence-electron chi connectivity index (χ2n) is 4.86. The van der Waals surface area contributed by atoms with E-state index in [-0.39, 0.29) is 5.69 Å². The van der Waals surface area contributed by atoms with Crippen molar-refractivity contribution < 1.29 is 14.3 Å². The van der Waals surface area contributed by atoms with Crippen molar-refractivity contribution in [2.24, 2.45) is 0 Å². The van der Waals surface area contributed by atoms with Crippen molar-refractivity contribution in [1.82, 2.24) is 4.98 Å². The Bertz CT molecular complexity index is 704. The van der Waals surface area contributed by atoms with Crippen LogP contribution < -0.4 is 5.32 Å². The van der Waals surface area contributed by atoms with Crippen LogP contribution in [-0.2, 0) is 11.2 Å². The minimum Gasteiger partial charge on any atom is -0.481 e. The highest BCUT2D eigenvalue weighted by molar-refractivity contribution is 7.15. The predicted molar refractivity (Wildman–Crippen MR) is 80.1 cm³/mol. The quantitative estimate of drug-likeness (QED) is 0.888. The number of rotatable bonds is 3. The number of nitrogens with one attached hydrogen (secondary N) is 1. The first-order valence-corrected chi connectivity index (χ1v) is 7.68. The highest BCUT2D eigenvalue weighted by Crippen LogP contribution is 2.38. The molecule has 1 aliphatic rings. The van der Waals surface area contributed by atoms with Crippen LogP contribution in [0.15, 0.2) is 18.2 Å². The highest BCUT2D eigenvalue weighted by atomic mass is 35.5. The number of aryl methyl sites for hydroxylation is 1. The standard InChI is InChI=1S/C14H12ClFN2O2S/c15-7-4-5-10(9(16)6-7)17-14-18-12-8(13(19)20)2-1-3-11(12)21-14/h4-6,8H,1-3H2,(H,17,18)(H,19,20). The Morgan fingerprint density at radius 3 is 3.05 bits per heavy atom. The van der Waals surface area contributed by atoms with E-state index in [1.54, 1.807) is 6.07 Å². The van der Waals surface area contributed by atoms with Gasteiger partial charge in [0, 0.05) is 9.90 Å². The molecule has 1 atom stereocenters. The largest absolute Gasteiger partial charge is 0.481 e. The van der Waals surface area contributed by atoms with E-state index in [1.165, 1.54) is 23.5 Å². The number of nitrogens with zero attached hydrogens (tertiary/aromatic N) is 1. The van der Waals surface area contributed by atoms with Gasteiger partial charge in [0.1, 0.15) is 11.7 Å². The van der Waals surface area contributed by atoms with E-state index >= 15 is 0 Å². The molecule has 7 heteroatoms. The lowest BCUT2D eigenvalue weighted by atomic mass is 9.91. The van der Waals surface area contributed by atoms with Crippen molar-refractivity contribution in [3.63, 3.8) is 0 Å². The molecule has 1 aromatic carbocycles. The van der Waals surface area contributed by atoms with Crippen molar-refractivity contribution in [3.05, 3.63) is 39.6 Å². The third-order valence-corrected chi connectivity index (χ3v) is 4.71. The normalized spacial score (nSPS) is 17.3. The maximum absolute atomic E-state index is 13.8. The van der Waals surface area contributed by atoms with Crippen LogP contribution in [0.4, 0.5) is 15.2 Å². The number of carboxylic acids is 1. The number of carboxylic acid groups (broad SMARTS) is 1. The molecule has 0 aliphatic heterocycles. The van der Waals surface area contributed by atoms with Gasteiger partial charge in [0.15, 0.2) is 5.13 Å². The number of anilines is 2. The molecule has 1 aliphatic carbocycles. The monoisotopic (exact) mass is 326 g/mol. The number of fused-ring (bicyclic) bond motifs is 1. The zero-order chi connectivity index (χ0) is 15.0. The molecule has 0 fully saturated rings. The van der Waals surface area contributed by atoms with Gasteiger partial charge in [-0.05, 0) is 37.5 Å². The van der Waals surface area contributed by atoms with Crippen molar-refractivity contribution in [3.8, 4) is 0 Å². The number of carbonyl (C=O) groups is 1. The lowest BCUT2D eigenvalue weighted by Gasteiger charge is -2.16. The Hall–Kier alpha value is -1.66. The maximum atomic E-state index is 13.8. The summed E-state index contributed by atoms with van der Waals surface area (Å²) in [5, 5.41) is 13.0. The third-order valence-electron chi connectivity index (χ3n) is 3.43. The summed E-state index contributed by atoms with van der Waals surface area (Å²) in [7, 11) is 0. The number of thiazole rings is 1. The first-order chi connectivity index (χ1) is 10.0. The van der Waals surface area contributed by atoms with E-state index < -0.39 is 17.7 Å². The second kappa shape index (κ2) is 5.61. The van der Waals surface area contributed by atoms with Gasteiger partial charge in [0.05, 0.1) is 11.4 Å². The van der Waals surface area contributed by atoms with E-state index in [2.05, 4.69) is 10.3 Å². The lowest BCUT2D eigenvalue weighted by Crippen LogP contribution is -2.17. The minimum atomic E-state index is -0.856. The van der Waals surface area contributed by atoms with Crippen LogP contribution >= 0.6 is 22.9 Å². The number of benzene rings is 1. The Labute approximate surface area is 129 Å². The average Bonchev–Trinajstić information content (AvgIpc) is 2.83. The summed E-state index contributed by atoms with van der Waals surface area (Å²) in [5.74, 6) is -1.88. The van der Waals surface area contributed by atoms with Crippen LogP contribution in [-0.4, -0.2) is 16.1 Å². The molecule has 1 unspecified atom stereocenters. The van der Waals surface area contributed by atoms with Gasteiger partial charge < -0.3 is 10.4 Å². The van der Waals surface area contributed by atoms with Crippen LogP contribution in [0.2, 0.25) is 5.02 Å². The van der Waals surface area contributed by atoms with Gasteiger partial charge >= 0.3 is 5.97 Å². The fourth-order valence-electron chi connectivity index (χ4n) is 2.42. The topological polar surface area (TPSA) is 62.2 Å². The number of aromatic nitrogens is 1. The van der Waals surface area contributed by atoms with Gasteiger partial charge in [-0.25, -0.2) is 9.37 Å². The minimum absolute atomic E-state index is 0.275. The predicted octanol–water partition coefficient (Wildman–Crippen LogP) is 4.18. The summed E-state index contributed by atoms with van der Waals surface area (Å²) < 4.78 is 13.8. The van der Waals surface area contributed by atoms with Crippen LogP contribution in [0.3, 0.4) is 0 Å². The van der Waals surface area contributed by atoms with Gasteiger partial charge in [-0.2, -0.15) is 0 Å². The Morgan fingerprint density at radius 2 is 2.33 bits per heavy atom. The SMILES string of the molecule is O=C(O)C1CCCc2sc(Nc3ccc(Cl)cc3F)nc21. The zero-order valence-corrected chi connectivity index (χ0v) is 12.5. The molecule has 110 valence electrons. The summed E-state index contributed by atoms with van der Waals surface area (Å²) in [6.45, 7) is 0. The first kappa shape index (κ1) is 14.3. The molecular formula is C14H12ClFN2O2S. The summed E-state index contributed by atoms with van der Waals surface area (Å²) in [6, 6.07) is 4.34. The summed E-state index contributed by atoms with van der Waals surface area (Å²) in [5.41, 5.74) is 0.882. The molecule has 2 aromatic rings. The van der Waals surface area contributed by atoms with Gasteiger partial charge in [0.2, 0.25) is 0 Å². The van der Waals surface area contributed by atoms with E-state index in [0.717, 1.165) is 17.7 Å². The van der Waals surface area contributed by atoms with E-state index in [1.807, 2.05) is 0 Å². The molecule has 0 amide bonds. The fourth-order valence-corrected chi connectivity index (χ4v) is 3.65. The molecule has 1 heterocycles. The summed E-state index contributed by atoms with van der Waals surface area (Å²) in [6.07, 6.45) is 2.25. The van der Waals surface area contributed by atoms with Gasteiger partial charge in [0.25, 0.3) is 0 Å². The Morgan fingerprint density at radius 1 is 1.52 bits per heavy atom. The van der Waals surface area contributed by atoms with Crippen LogP contribution in [0.25, 0.3) is 0 Å². The Balaban J connectivity index is 1.89. The Kier molecular flexibility index (Phi) is 3.82.